The second-order valence-electron chi connectivity index (χ2n) is 6.77. The number of alkyl halides is 3. The van der Waals surface area contributed by atoms with Gasteiger partial charge in [-0.05, 0) is 39.0 Å². The Morgan fingerprint density at radius 2 is 1.90 bits per heavy atom. The van der Waals surface area contributed by atoms with Gasteiger partial charge >= 0.3 is 12.1 Å². The number of nitrogens with one attached hydrogen (secondary N) is 1. The monoisotopic (exact) mass is 439 g/mol. The molecule has 0 spiro atoms. The lowest BCUT2D eigenvalue weighted by atomic mass is 10.1. The molecule has 1 aliphatic rings. The van der Waals surface area contributed by atoms with Crippen LogP contribution >= 0.6 is 0 Å². The van der Waals surface area contributed by atoms with Crippen molar-refractivity contribution in [2.75, 3.05) is 18.5 Å². The lowest BCUT2D eigenvalue weighted by Gasteiger charge is -2.24. The minimum atomic E-state index is -5.22. The fourth-order valence-electron chi connectivity index (χ4n) is 2.23. The Labute approximate surface area is 171 Å². The smallest absolute Gasteiger partial charge is 0.426 e. The molecule has 170 valence electrons. The number of anilines is 1. The van der Waals surface area contributed by atoms with Gasteiger partial charge in [0.15, 0.2) is 5.79 Å². The molecule has 2 N–H and O–H groups in total. The first kappa shape index (κ1) is 25.8. The van der Waals surface area contributed by atoms with Crippen molar-refractivity contribution >= 4 is 17.6 Å². The maximum absolute atomic E-state index is 14.1. The van der Waals surface area contributed by atoms with Crippen LogP contribution in [0.3, 0.4) is 0 Å². The largest absolute Gasteiger partial charge is 0.459 e. The Morgan fingerprint density at radius 3 is 2.37 bits per heavy atom. The van der Waals surface area contributed by atoms with Gasteiger partial charge in [0, 0.05) is 5.69 Å². The topological polar surface area (TPSA) is 94.1 Å². The summed E-state index contributed by atoms with van der Waals surface area (Å²) in [7, 11) is 0. The van der Waals surface area contributed by atoms with Crippen molar-refractivity contribution in [1.29, 1.82) is 0 Å². The highest BCUT2D eigenvalue weighted by atomic mass is 19.4. The van der Waals surface area contributed by atoms with Gasteiger partial charge in [-0.2, -0.15) is 13.2 Å². The molecule has 2 rings (SSSR count). The first-order valence-corrected chi connectivity index (χ1v) is 9.12. The Kier molecular flexibility index (Phi) is 8.35. The summed E-state index contributed by atoms with van der Waals surface area (Å²) in [5, 5.41) is 11.0. The predicted molar refractivity (Wildman–Crippen MR) is 98.2 cm³/mol. The summed E-state index contributed by atoms with van der Waals surface area (Å²) in [6, 6.07) is 2.58. The van der Waals surface area contributed by atoms with E-state index in [1.165, 1.54) is 0 Å². The van der Waals surface area contributed by atoms with E-state index in [9.17, 15) is 32.3 Å². The van der Waals surface area contributed by atoms with E-state index in [1.807, 2.05) is 13.8 Å². The number of rotatable bonds is 5. The first-order chi connectivity index (χ1) is 13.7. The van der Waals surface area contributed by atoms with Crippen molar-refractivity contribution in [3.05, 3.63) is 29.6 Å². The normalized spacial score (nSPS) is 19.9. The Hall–Kier alpha value is -2.24. The van der Waals surface area contributed by atoms with Crippen molar-refractivity contribution in [3.8, 4) is 0 Å². The van der Waals surface area contributed by atoms with E-state index in [2.05, 4.69) is 0 Å². The zero-order valence-corrected chi connectivity index (χ0v) is 17.2. The van der Waals surface area contributed by atoms with Crippen LogP contribution in [-0.2, 0) is 19.0 Å². The fourth-order valence-corrected chi connectivity index (χ4v) is 2.23. The Morgan fingerprint density at radius 1 is 1.30 bits per heavy atom. The van der Waals surface area contributed by atoms with Crippen LogP contribution in [0, 0.1) is 5.82 Å². The quantitative estimate of drug-likeness (QED) is 0.540. The summed E-state index contributed by atoms with van der Waals surface area (Å²) in [6.07, 6.45) is -5.75. The summed E-state index contributed by atoms with van der Waals surface area (Å²) >= 11 is 0. The maximum atomic E-state index is 14.1. The van der Waals surface area contributed by atoms with Crippen LogP contribution in [0.4, 0.5) is 23.2 Å². The van der Waals surface area contributed by atoms with Gasteiger partial charge in [0.2, 0.25) is 5.60 Å². The highest BCUT2D eigenvalue weighted by Gasteiger charge is 2.55. The van der Waals surface area contributed by atoms with Gasteiger partial charge in [0.05, 0.1) is 12.2 Å². The highest BCUT2D eigenvalue weighted by molar-refractivity contribution is 5.98. The molecule has 7 nitrogen and oxygen atoms in total. The maximum Gasteiger partial charge on any atom is 0.426 e. The number of aliphatic hydroxyl groups is 1. The molecule has 1 aromatic rings. The van der Waals surface area contributed by atoms with Crippen molar-refractivity contribution in [1.82, 2.24) is 0 Å². The summed E-state index contributed by atoms with van der Waals surface area (Å²) < 4.78 is 67.7. The van der Waals surface area contributed by atoms with E-state index in [0.29, 0.717) is 6.07 Å². The van der Waals surface area contributed by atoms with E-state index in [-0.39, 0.29) is 25.8 Å². The third kappa shape index (κ3) is 6.38. The van der Waals surface area contributed by atoms with Gasteiger partial charge in [-0.3, -0.25) is 4.79 Å². The number of hydrogen-bond donors (Lipinski definition) is 2. The van der Waals surface area contributed by atoms with E-state index in [4.69, 9.17) is 14.2 Å². The summed E-state index contributed by atoms with van der Waals surface area (Å²) in [5.74, 6) is -4.76. The van der Waals surface area contributed by atoms with Crippen LogP contribution in [0.1, 0.15) is 45.0 Å². The van der Waals surface area contributed by atoms with E-state index >= 15 is 0 Å². The molecule has 2 unspecified atom stereocenters. The van der Waals surface area contributed by atoms with Crippen LogP contribution in [0.15, 0.2) is 18.2 Å². The fraction of sp³-hybridized carbons (Fsp3) is 0.579. The Balaban J connectivity index is 0.00000218. The molecule has 1 heterocycles. The van der Waals surface area contributed by atoms with Crippen molar-refractivity contribution in [2.45, 2.75) is 58.3 Å². The minimum absolute atomic E-state index is 0.186. The number of halogens is 4. The summed E-state index contributed by atoms with van der Waals surface area (Å²) in [4.78, 5) is 23.6. The van der Waals surface area contributed by atoms with Crippen LogP contribution in [0.25, 0.3) is 0 Å². The van der Waals surface area contributed by atoms with Crippen molar-refractivity contribution in [2.24, 2.45) is 0 Å². The average molecular weight is 439 g/mol. The molecule has 1 fully saturated rings. The number of benzene rings is 1. The van der Waals surface area contributed by atoms with Crippen LogP contribution in [0.2, 0.25) is 0 Å². The molecule has 1 aromatic carbocycles. The average Bonchev–Trinajstić information content (AvgIpc) is 2.99. The molecular formula is C19H25F4NO6. The predicted octanol–water partition coefficient (Wildman–Crippen LogP) is 3.41. The number of hydrogen-bond acceptors (Lipinski definition) is 6. The summed E-state index contributed by atoms with van der Waals surface area (Å²) in [6.45, 7) is 7.62. The van der Waals surface area contributed by atoms with Crippen LogP contribution < -0.4 is 5.32 Å². The third-order valence-corrected chi connectivity index (χ3v) is 3.91. The highest BCUT2D eigenvalue weighted by Crippen LogP contribution is 2.31. The molecule has 0 saturated carbocycles. The molecule has 0 radical (unpaired) electrons. The number of amides is 1. The van der Waals surface area contributed by atoms with Crippen molar-refractivity contribution < 1.29 is 46.5 Å². The molecular weight excluding hydrogens is 414 g/mol. The molecule has 0 aliphatic carbocycles. The van der Waals surface area contributed by atoms with Crippen LogP contribution in [0.5, 0.6) is 0 Å². The van der Waals surface area contributed by atoms with Gasteiger partial charge in [-0.1, -0.05) is 13.8 Å². The lowest BCUT2D eigenvalue weighted by Crippen LogP contribution is -2.52. The second kappa shape index (κ2) is 9.71. The number of carbonyl (C=O) groups excluding carboxylic acids is 2. The zero-order valence-electron chi connectivity index (χ0n) is 17.2. The van der Waals surface area contributed by atoms with E-state index < -0.39 is 46.9 Å². The van der Waals surface area contributed by atoms with Gasteiger partial charge in [-0.15, -0.1) is 0 Å². The van der Waals surface area contributed by atoms with Gasteiger partial charge in [0.25, 0.3) is 5.91 Å². The molecule has 0 aromatic heterocycles. The molecule has 2 atom stereocenters. The van der Waals surface area contributed by atoms with E-state index in [0.717, 1.165) is 12.1 Å². The van der Waals surface area contributed by atoms with Gasteiger partial charge in [-0.25, -0.2) is 9.18 Å². The second-order valence-corrected chi connectivity index (χ2v) is 6.77. The molecule has 30 heavy (non-hydrogen) atoms. The van der Waals surface area contributed by atoms with Crippen LogP contribution in [-0.4, -0.2) is 53.9 Å². The standard InChI is InChI=1S/C17H19F4NO6.C2H6/c1-15(2)27-8-10(28-15)7-26-13(23)11-5-4-9(6-12(11)18)22-14(24)16(3,25)17(19,20)21;1-2/h4-6,10,25H,7-8H2,1-3H3,(H,22,24);1-2H3. The third-order valence-electron chi connectivity index (χ3n) is 3.91. The van der Waals surface area contributed by atoms with E-state index in [1.54, 1.807) is 19.2 Å². The Bertz CT molecular complexity index is 764. The lowest BCUT2D eigenvalue weighted by molar-refractivity contribution is -0.242. The van der Waals surface area contributed by atoms with Crippen molar-refractivity contribution in [3.63, 3.8) is 0 Å². The molecule has 11 heteroatoms. The number of ether oxygens (including phenoxy) is 3. The SMILES string of the molecule is CC.CC1(C)OCC(COC(=O)c2ccc(NC(=O)C(C)(O)C(F)(F)F)cc2F)O1. The molecule has 0 bridgehead atoms. The zero-order chi connectivity index (χ0) is 23.3. The van der Waals surface area contributed by atoms with Gasteiger partial charge in [0.1, 0.15) is 18.5 Å². The number of carbonyl (C=O) groups is 2. The molecule has 1 aliphatic heterocycles. The molecule has 1 saturated heterocycles. The first-order valence-electron chi connectivity index (χ1n) is 9.12. The number of esters is 1. The summed E-state index contributed by atoms with van der Waals surface area (Å²) in [5.41, 5.74) is -4.53. The van der Waals surface area contributed by atoms with Gasteiger partial charge < -0.3 is 24.6 Å². The minimum Gasteiger partial charge on any atom is -0.459 e. The molecule has 1 amide bonds.